The van der Waals surface area contributed by atoms with Gasteiger partial charge in [-0.2, -0.15) is 0 Å². The first kappa shape index (κ1) is 11.1. The number of benzene rings is 1. The third-order valence-electron chi connectivity index (χ3n) is 3.54. The highest BCUT2D eigenvalue weighted by atomic mass is 32.1. The Hall–Kier alpha value is -1.75. The summed E-state index contributed by atoms with van der Waals surface area (Å²) in [7, 11) is 0. The molecule has 1 saturated heterocycles. The van der Waals surface area contributed by atoms with Gasteiger partial charge in [0.05, 0.1) is 5.69 Å². The van der Waals surface area contributed by atoms with Crippen molar-refractivity contribution in [2.24, 2.45) is 0 Å². The molecular weight excluding hydrogens is 260 g/mol. The number of aromatic nitrogens is 1. The van der Waals surface area contributed by atoms with E-state index in [2.05, 4.69) is 10.3 Å². The molecular formula is C14H14N2O2S. The Labute approximate surface area is 115 Å². The summed E-state index contributed by atoms with van der Waals surface area (Å²) >= 11 is 1.72. The molecule has 2 aliphatic rings. The van der Waals surface area contributed by atoms with Crippen molar-refractivity contribution in [2.45, 2.75) is 12.8 Å². The van der Waals surface area contributed by atoms with Crippen LogP contribution in [-0.2, 0) is 0 Å². The number of anilines is 1. The quantitative estimate of drug-likeness (QED) is 0.842. The minimum atomic E-state index is 0.314. The van der Waals surface area contributed by atoms with Crippen LogP contribution in [0.2, 0.25) is 0 Å². The molecule has 0 bridgehead atoms. The molecule has 0 saturated carbocycles. The fourth-order valence-corrected chi connectivity index (χ4v) is 3.39. The summed E-state index contributed by atoms with van der Waals surface area (Å²) in [5.74, 6) is 1.63. The lowest BCUT2D eigenvalue weighted by Crippen LogP contribution is -2.17. The third-order valence-corrected chi connectivity index (χ3v) is 4.44. The number of ether oxygens (including phenoxy) is 2. The maximum Gasteiger partial charge on any atom is 0.231 e. The van der Waals surface area contributed by atoms with E-state index in [0.29, 0.717) is 6.79 Å². The monoisotopic (exact) mass is 274 g/mol. The predicted molar refractivity (Wildman–Crippen MR) is 75.1 cm³/mol. The van der Waals surface area contributed by atoms with E-state index in [1.54, 1.807) is 11.3 Å². The summed E-state index contributed by atoms with van der Waals surface area (Å²) in [4.78, 5) is 7.10. The smallest absolute Gasteiger partial charge is 0.231 e. The number of thiazole rings is 1. The Morgan fingerprint density at radius 1 is 1.11 bits per heavy atom. The normalized spacial score (nSPS) is 17.2. The second-order valence-corrected chi connectivity index (χ2v) is 5.61. The third kappa shape index (κ3) is 1.94. The van der Waals surface area contributed by atoms with E-state index in [9.17, 15) is 0 Å². The summed E-state index contributed by atoms with van der Waals surface area (Å²) < 4.78 is 10.7. The second-order valence-electron chi connectivity index (χ2n) is 4.78. The SMILES string of the molecule is c1cc2c(cc1-c1csc(N3CCCC3)n1)OCO2. The van der Waals surface area contributed by atoms with E-state index in [-0.39, 0.29) is 0 Å². The van der Waals surface area contributed by atoms with Crippen molar-refractivity contribution in [2.75, 3.05) is 24.8 Å². The van der Waals surface area contributed by atoms with Gasteiger partial charge in [0.25, 0.3) is 0 Å². The van der Waals surface area contributed by atoms with Gasteiger partial charge in [-0.3, -0.25) is 0 Å². The molecule has 0 radical (unpaired) electrons. The molecule has 0 aliphatic carbocycles. The molecule has 1 aromatic carbocycles. The molecule has 2 aromatic rings. The molecule has 19 heavy (non-hydrogen) atoms. The Morgan fingerprint density at radius 3 is 2.84 bits per heavy atom. The van der Waals surface area contributed by atoms with Crippen LogP contribution in [0.4, 0.5) is 5.13 Å². The van der Waals surface area contributed by atoms with E-state index in [0.717, 1.165) is 41.0 Å². The summed E-state index contributed by atoms with van der Waals surface area (Å²) in [5.41, 5.74) is 2.11. The molecule has 0 spiro atoms. The first-order valence-corrected chi connectivity index (χ1v) is 7.39. The van der Waals surface area contributed by atoms with Crippen molar-refractivity contribution in [3.05, 3.63) is 23.6 Å². The van der Waals surface area contributed by atoms with E-state index in [1.807, 2.05) is 18.2 Å². The minimum absolute atomic E-state index is 0.314. The Morgan fingerprint density at radius 2 is 1.95 bits per heavy atom. The number of hydrogen-bond acceptors (Lipinski definition) is 5. The fraction of sp³-hybridized carbons (Fsp3) is 0.357. The van der Waals surface area contributed by atoms with E-state index in [1.165, 1.54) is 12.8 Å². The molecule has 4 rings (SSSR count). The van der Waals surface area contributed by atoms with Gasteiger partial charge in [0.15, 0.2) is 16.6 Å². The molecule has 0 atom stereocenters. The Kier molecular flexibility index (Phi) is 2.58. The molecule has 5 heteroatoms. The highest BCUT2D eigenvalue weighted by molar-refractivity contribution is 7.14. The number of rotatable bonds is 2. The fourth-order valence-electron chi connectivity index (χ4n) is 2.51. The van der Waals surface area contributed by atoms with E-state index >= 15 is 0 Å². The molecule has 0 unspecified atom stereocenters. The molecule has 1 aromatic heterocycles. The largest absolute Gasteiger partial charge is 0.454 e. The zero-order valence-corrected chi connectivity index (χ0v) is 11.3. The molecule has 98 valence electrons. The van der Waals surface area contributed by atoms with Gasteiger partial charge in [0.1, 0.15) is 0 Å². The van der Waals surface area contributed by atoms with Gasteiger partial charge < -0.3 is 14.4 Å². The van der Waals surface area contributed by atoms with Crippen LogP contribution in [0.3, 0.4) is 0 Å². The van der Waals surface area contributed by atoms with Crippen molar-refractivity contribution in [1.29, 1.82) is 0 Å². The first-order valence-electron chi connectivity index (χ1n) is 6.51. The van der Waals surface area contributed by atoms with Crippen molar-refractivity contribution in [3.8, 4) is 22.8 Å². The number of fused-ring (bicyclic) bond motifs is 1. The van der Waals surface area contributed by atoms with Crippen LogP contribution in [0.1, 0.15) is 12.8 Å². The summed E-state index contributed by atoms with van der Waals surface area (Å²) in [6.45, 7) is 2.58. The average molecular weight is 274 g/mol. The lowest BCUT2D eigenvalue weighted by molar-refractivity contribution is 0.174. The van der Waals surface area contributed by atoms with Gasteiger partial charge >= 0.3 is 0 Å². The van der Waals surface area contributed by atoms with Gasteiger partial charge in [0, 0.05) is 24.0 Å². The van der Waals surface area contributed by atoms with Crippen molar-refractivity contribution < 1.29 is 9.47 Å². The van der Waals surface area contributed by atoms with Crippen LogP contribution in [-0.4, -0.2) is 24.9 Å². The van der Waals surface area contributed by atoms with Crippen LogP contribution >= 0.6 is 11.3 Å². The van der Waals surface area contributed by atoms with Crippen LogP contribution in [0, 0.1) is 0 Å². The summed E-state index contributed by atoms with van der Waals surface area (Å²) in [6, 6.07) is 5.99. The zero-order chi connectivity index (χ0) is 12.7. The highest BCUT2D eigenvalue weighted by Gasteiger charge is 2.18. The summed E-state index contributed by atoms with van der Waals surface area (Å²) in [6.07, 6.45) is 2.55. The highest BCUT2D eigenvalue weighted by Crippen LogP contribution is 2.37. The predicted octanol–water partition coefficient (Wildman–Crippen LogP) is 3.14. The van der Waals surface area contributed by atoms with E-state index in [4.69, 9.17) is 14.5 Å². The van der Waals surface area contributed by atoms with Gasteiger partial charge in [-0.15, -0.1) is 11.3 Å². The van der Waals surface area contributed by atoms with Crippen LogP contribution < -0.4 is 14.4 Å². The van der Waals surface area contributed by atoms with Gasteiger partial charge in [-0.05, 0) is 31.0 Å². The van der Waals surface area contributed by atoms with Crippen LogP contribution in [0.15, 0.2) is 23.6 Å². The van der Waals surface area contributed by atoms with Crippen molar-refractivity contribution in [3.63, 3.8) is 0 Å². The lowest BCUT2D eigenvalue weighted by Gasteiger charge is -2.12. The molecule has 2 aliphatic heterocycles. The topological polar surface area (TPSA) is 34.6 Å². The Bertz CT molecular complexity index is 605. The molecule has 0 amide bonds. The molecule has 3 heterocycles. The standard InChI is InChI=1S/C14H14N2O2S/c1-2-6-16(5-1)14-15-11(8-19-14)10-3-4-12-13(7-10)18-9-17-12/h3-4,7-8H,1-2,5-6,9H2. The number of nitrogens with zero attached hydrogens (tertiary/aromatic N) is 2. The average Bonchev–Trinajstić information content (AvgIpc) is 3.18. The maximum atomic E-state index is 5.41. The molecule has 4 nitrogen and oxygen atoms in total. The maximum absolute atomic E-state index is 5.41. The van der Waals surface area contributed by atoms with Crippen LogP contribution in [0.5, 0.6) is 11.5 Å². The first-order chi connectivity index (χ1) is 9.40. The van der Waals surface area contributed by atoms with Crippen molar-refractivity contribution in [1.82, 2.24) is 4.98 Å². The van der Waals surface area contributed by atoms with Gasteiger partial charge in [-0.25, -0.2) is 4.98 Å². The number of hydrogen-bond donors (Lipinski definition) is 0. The molecule has 0 N–H and O–H groups in total. The van der Waals surface area contributed by atoms with Gasteiger partial charge in [-0.1, -0.05) is 0 Å². The van der Waals surface area contributed by atoms with Gasteiger partial charge in [0.2, 0.25) is 6.79 Å². The van der Waals surface area contributed by atoms with Crippen LogP contribution in [0.25, 0.3) is 11.3 Å². The lowest BCUT2D eigenvalue weighted by atomic mass is 10.1. The molecule has 1 fully saturated rings. The van der Waals surface area contributed by atoms with E-state index < -0.39 is 0 Å². The second kappa shape index (κ2) is 4.42. The minimum Gasteiger partial charge on any atom is -0.454 e. The Balaban J connectivity index is 1.65. The van der Waals surface area contributed by atoms with Crippen molar-refractivity contribution >= 4 is 16.5 Å². The summed E-state index contributed by atoms with van der Waals surface area (Å²) in [5, 5.41) is 3.25. The zero-order valence-electron chi connectivity index (χ0n) is 10.5.